The molecule has 0 bridgehead atoms. The van der Waals surface area contributed by atoms with Crippen molar-refractivity contribution in [1.82, 2.24) is 9.97 Å². The molecule has 0 radical (unpaired) electrons. The zero-order chi connectivity index (χ0) is 21.5. The van der Waals surface area contributed by atoms with Crippen LogP contribution < -0.4 is 10.5 Å². The van der Waals surface area contributed by atoms with Gasteiger partial charge in [0.15, 0.2) is 5.82 Å². The van der Waals surface area contributed by atoms with Crippen LogP contribution in [0.25, 0.3) is 22.0 Å². The SMILES string of the molecule is Nc1ncc2cc(-c3c(F)ccc(NS(=O)(=O)c4ccccc4Cl)c3F)ccc2n1. The number of nitrogen functional groups attached to an aromatic ring is 1. The Morgan fingerprint density at radius 1 is 1.03 bits per heavy atom. The van der Waals surface area contributed by atoms with E-state index in [0.717, 1.165) is 12.1 Å². The van der Waals surface area contributed by atoms with Gasteiger partial charge in [-0.3, -0.25) is 4.72 Å². The van der Waals surface area contributed by atoms with Crippen molar-refractivity contribution in [2.75, 3.05) is 10.5 Å². The quantitative estimate of drug-likeness (QED) is 0.477. The molecule has 0 unspecified atom stereocenters. The smallest absolute Gasteiger partial charge is 0.263 e. The largest absolute Gasteiger partial charge is 0.368 e. The van der Waals surface area contributed by atoms with E-state index in [2.05, 4.69) is 14.7 Å². The molecule has 1 heterocycles. The number of aromatic nitrogens is 2. The molecule has 0 saturated heterocycles. The second-order valence-electron chi connectivity index (χ2n) is 6.32. The predicted molar refractivity (Wildman–Crippen MR) is 112 cm³/mol. The zero-order valence-corrected chi connectivity index (χ0v) is 16.7. The summed E-state index contributed by atoms with van der Waals surface area (Å²) < 4.78 is 57.1. The number of fused-ring (bicyclic) bond motifs is 1. The van der Waals surface area contributed by atoms with Crippen molar-refractivity contribution in [3.05, 3.63) is 77.5 Å². The van der Waals surface area contributed by atoms with Crippen molar-refractivity contribution in [2.45, 2.75) is 4.90 Å². The summed E-state index contributed by atoms with van der Waals surface area (Å²) in [7, 11) is -4.20. The van der Waals surface area contributed by atoms with Crippen LogP contribution in [0.1, 0.15) is 0 Å². The lowest BCUT2D eigenvalue weighted by molar-refractivity contribution is 0.588. The van der Waals surface area contributed by atoms with Crippen LogP contribution in [0.4, 0.5) is 20.4 Å². The number of nitrogens with one attached hydrogen (secondary N) is 1. The van der Waals surface area contributed by atoms with Crippen molar-refractivity contribution in [1.29, 1.82) is 0 Å². The molecular formula is C20H13ClF2N4O2S. The fourth-order valence-electron chi connectivity index (χ4n) is 2.96. The number of nitrogens with two attached hydrogens (primary N) is 1. The molecule has 0 aliphatic carbocycles. The Kier molecular flexibility index (Phi) is 5.00. The van der Waals surface area contributed by atoms with Crippen molar-refractivity contribution < 1.29 is 17.2 Å². The third-order valence-electron chi connectivity index (χ3n) is 4.35. The van der Waals surface area contributed by atoms with E-state index < -0.39 is 32.9 Å². The first-order valence-corrected chi connectivity index (χ1v) is 10.4. The Balaban J connectivity index is 1.80. The molecule has 4 aromatic rings. The lowest BCUT2D eigenvalue weighted by atomic mass is 10.0. The normalized spacial score (nSPS) is 11.6. The van der Waals surface area contributed by atoms with E-state index in [0.29, 0.717) is 10.9 Å². The van der Waals surface area contributed by atoms with Gasteiger partial charge in [-0.25, -0.2) is 27.2 Å². The Labute approximate surface area is 175 Å². The van der Waals surface area contributed by atoms with Crippen LogP contribution in [0.15, 0.2) is 65.7 Å². The summed E-state index contributed by atoms with van der Waals surface area (Å²) >= 11 is 5.94. The van der Waals surface area contributed by atoms with Gasteiger partial charge in [0.2, 0.25) is 5.95 Å². The minimum Gasteiger partial charge on any atom is -0.368 e. The Morgan fingerprint density at radius 2 is 1.80 bits per heavy atom. The highest BCUT2D eigenvalue weighted by molar-refractivity contribution is 7.92. The third kappa shape index (κ3) is 3.64. The van der Waals surface area contributed by atoms with Crippen LogP contribution in [0.2, 0.25) is 5.02 Å². The van der Waals surface area contributed by atoms with E-state index in [1.807, 2.05) is 0 Å². The van der Waals surface area contributed by atoms with Gasteiger partial charge >= 0.3 is 0 Å². The van der Waals surface area contributed by atoms with Gasteiger partial charge in [0, 0.05) is 11.6 Å². The van der Waals surface area contributed by atoms with Crippen molar-refractivity contribution in [3.63, 3.8) is 0 Å². The summed E-state index contributed by atoms with van der Waals surface area (Å²) in [6, 6.07) is 12.2. The van der Waals surface area contributed by atoms with Crippen LogP contribution in [0.3, 0.4) is 0 Å². The fraction of sp³-hybridized carbons (Fsp3) is 0. The summed E-state index contributed by atoms with van der Waals surface area (Å²) in [5.41, 5.74) is 5.42. The molecule has 1 aromatic heterocycles. The van der Waals surface area contributed by atoms with Crippen LogP contribution in [0, 0.1) is 11.6 Å². The highest BCUT2D eigenvalue weighted by Crippen LogP contribution is 2.33. The van der Waals surface area contributed by atoms with Crippen LogP contribution in [-0.4, -0.2) is 18.4 Å². The first kappa shape index (κ1) is 20.0. The molecule has 10 heteroatoms. The first-order chi connectivity index (χ1) is 14.3. The molecule has 3 N–H and O–H groups in total. The summed E-state index contributed by atoms with van der Waals surface area (Å²) in [5.74, 6) is -1.85. The van der Waals surface area contributed by atoms with Gasteiger partial charge in [-0.15, -0.1) is 0 Å². The number of anilines is 2. The molecule has 6 nitrogen and oxygen atoms in total. The summed E-state index contributed by atoms with van der Waals surface area (Å²) in [5, 5.41) is 0.490. The van der Waals surface area contributed by atoms with Gasteiger partial charge < -0.3 is 5.73 Å². The molecule has 152 valence electrons. The van der Waals surface area contributed by atoms with Crippen LogP contribution >= 0.6 is 11.6 Å². The summed E-state index contributed by atoms with van der Waals surface area (Å²) in [6.45, 7) is 0. The Hall–Kier alpha value is -3.30. The third-order valence-corrected chi connectivity index (χ3v) is 6.21. The van der Waals surface area contributed by atoms with E-state index in [4.69, 9.17) is 17.3 Å². The molecular weight excluding hydrogens is 434 g/mol. The lowest BCUT2D eigenvalue weighted by Gasteiger charge is -2.13. The molecule has 30 heavy (non-hydrogen) atoms. The molecule has 0 amide bonds. The van der Waals surface area contributed by atoms with E-state index in [-0.39, 0.29) is 21.4 Å². The number of halogens is 3. The van der Waals surface area contributed by atoms with Gasteiger partial charge in [0.05, 0.1) is 21.8 Å². The monoisotopic (exact) mass is 446 g/mol. The van der Waals surface area contributed by atoms with Gasteiger partial charge in [0.25, 0.3) is 10.0 Å². The highest BCUT2D eigenvalue weighted by atomic mass is 35.5. The van der Waals surface area contributed by atoms with Crippen molar-refractivity contribution >= 4 is 44.2 Å². The molecule has 3 aromatic carbocycles. The van der Waals surface area contributed by atoms with Crippen molar-refractivity contribution in [2.24, 2.45) is 0 Å². The van der Waals surface area contributed by atoms with E-state index in [1.165, 1.54) is 36.5 Å². The average molecular weight is 447 g/mol. The van der Waals surface area contributed by atoms with E-state index in [1.54, 1.807) is 12.1 Å². The second kappa shape index (κ2) is 7.51. The Morgan fingerprint density at radius 3 is 2.57 bits per heavy atom. The van der Waals surface area contributed by atoms with E-state index >= 15 is 4.39 Å². The summed E-state index contributed by atoms with van der Waals surface area (Å²) in [6.07, 6.45) is 1.43. The molecule has 4 rings (SSSR count). The van der Waals surface area contributed by atoms with Gasteiger partial charge in [0.1, 0.15) is 10.7 Å². The maximum atomic E-state index is 15.2. The molecule has 0 saturated carbocycles. The predicted octanol–water partition coefficient (Wildman–Crippen LogP) is 4.61. The minimum atomic E-state index is -4.20. The van der Waals surface area contributed by atoms with Gasteiger partial charge in [-0.05, 0) is 42.0 Å². The second-order valence-corrected chi connectivity index (χ2v) is 8.38. The first-order valence-electron chi connectivity index (χ1n) is 8.54. The molecule has 0 atom stereocenters. The van der Waals surface area contributed by atoms with Crippen LogP contribution in [-0.2, 0) is 10.0 Å². The molecule has 0 spiro atoms. The topological polar surface area (TPSA) is 98.0 Å². The number of rotatable bonds is 4. The highest BCUT2D eigenvalue weighted by Gasteiger charge is 2.22. The maximum Gasteiger partial charge on any atom is 0.263 e. The number of hydrogen-bond donors (Lipinski definition) is 2. The number of nitrogens with zero attached hydrogens (tertiary/aromatic N) is 2. The minimum absolute atomic E-state index is 0.0263. The van der Waals surface area contributed by atoms with Crippen LogP contribution in [0.5, 0.6) is 0 Å². The maximum absolute atomic E-state index is 15.2. The molecule has 0 aliphatic heterocycles. The number of hydrogen-bond acceptors (Lipinski definition) is 5. The lowest BCUT2D eigenvalue weighted by Crippen LogP contribution is -2.15. The number of benzene rings is 3. The number of sulfonamides is 1. The van der Waals surface area contributed by atoms with Gasteiger partial charge in [-0.1, -0.05) is 29.8 Å². The standard InChI is InChI=1S/C20H13ClF2N4O2S/c21-13-3-1-2-4-17(13)30(28,29)27-16-8-6-14(22)18(19(16)23)11-5-7-15-12(9-11)10-25-20(24)26-15/h1-10,27H,(H2,24,25,26). The van der Waals surface area contributed by atoms with Gasteiger partial charge in [-0.2, -0.15) is 0 Å². The molecule has 0 fully saturated rings. The molecule has 0 aliphatic rings. The summed E-state index contributed by atoms with van der Waals surface area (Å²) in [4.78, 5) is 7.68. The van der Waals surface area contributed by atoms with E-state index in [9.17, 15) is 12.8 Å². The van der Waals surface area contributed by atoms with Crippen molar-refractivity contribution in [3.8, 4) is 11.1 Å². The Bertz CT molecular complexity index is 1400. The zero-order valence-electron chi connectivity index (χ0n) is 15.1. The fourth-order valence-corrected chi connectivity index (χ4v) is 4.54. The average Bonchev–Trinajstić information content (AvgIpc) is 2.70.